The molecule has 86 valence electrons. The predicted molar refractivity (Wildman–Crippen MR) is 55.8 cm³/mol. The molecule has 0 aliphatic rings. The second kappa shape index (κ2) is 5.15. The Labute approximate surface area is 90.8 Å². The van der Waals surface area contributed by atoms with Gasteiger partial charge in [-0.05, 0) is 34.6 Å². The van der Waals surface area contributed by atoms with Crippen LogP contribution in [0.2, 0.25) is 0 Å². The molecule has 15 heavy (non-hydrogen) atoms. The standard InChI is InChI=1S/C11H18O4/c1-10(2,3)14-15-11(4,5)8-7-9(12)13-6/h1-6H3. The lowest BCUT2D eigenvalue weighted by Gasteiger charge is -2.24. The minimum Gasteiger partial charge on any atom is -0.459 e. The molecule has 0 aromatic heterocycles. The average molecular weight is 214 g/mol. The molecule has 0 unspecified atom stereocenters. The van der Waals surface area contributed by atoms with Gasteiger partial charge in [-0.1, -0.05) is 5.92 Å². The zero-order valence-electron chi connectivity index (χ0n) is 10.1. The van der Waals surface area contributed by atoms with Crippen LogP contribution in [0.4, 0.5) is 0 Å². The van der Waals surface area contributed by atoms with Gasteiger partial charge in [0.2, 0.25) is 0 Å². The number of ether oxygens (including phenoxy) is 1. The zero-order valence-corrected chi connectivity index (χ0v) is 10.1. The first-order valence-electron chi connectivity index (χ1n) is 4.64. The topological polar surface area (TPSA) is 44.8 Å². The average Bonchev–Trinajstić information content (AvgIpc) is 2.10. The summed E-state index contributed by atoms with van der Waals surface area (Å²) in [6.07, 6.45) is 0. The lowest BCUT2D eigenvalue weighted by Crippen LogP contribution is -2.29. The predicted octanol–water partition coefficient (Wildman–Crippen LogP) is 1.69. The van der Waals surface area contributed by atoms with Crippen molar-refractivity contribution >= 4 is 5.97 Å². The highest BCUT2D eigenvalue weighted by Crippen LogP contribution is 2.15. The molecule has 0 aromatic rings. The summed E-state index contributed by atoms with van der Waals surface area (Å²) in [5.41, 5.74) is -1.26. The first-order chi connectivity index (χ1) is 6.66. The molecule has 0 aliphatic heterocycles. The van der Waals surface area contributed by atoms with Gasteiger partial charge in [-0.3, -0.25) is 0 Å². The third kappa shape index (κ3) is 7.98. The van der Waals surface area contributed by atoms with Crippen LogP contribution in [0.5, 0.6) is 0 Å². The van der Waals surface area contributed by atoms with Crippen molar-refractivity contribution in [3.8, 4) is 11.8 Å². The van der Waals surface area contributed by atoms with Crippen LogP contribution in [0.15, 0.2) is 0 Å². The van der Waals surface area contributed by atoms with E-state index in [0.717, 1.165) is 0 Å². The third-order valence-electron chi connectivity index (χ3n) is 1.15. The molecule has 0 saturated carbocycles. The Bertz CT molecular complexity index is 275. The molecular formula is C11H18O4. The number of hydrogen-bond donors (Lipinski definition) is 0. The Kier molecular flexibility index (Phi) is 4.79. The molecule has 4 nitrogen and oxygen atoms in total. The zero-order chi connectivity index (χ0) is 12.1. The van der Waals surface area contributed by atoms with Crippen LogP contribution >= 0.6 is 0 Å². The number of methoxy groups -OCH3 is 1. The largest absolute Gasteiger partial charge is 0.459 e. The van der Waals surface area contributed by atoms with Gasteiger partial charge >= 0.3 is 5.97 Å². The van der Waals surface area contributed by atoms with Crippen molar-refractivity contribution in [2.75, 3.05) is 7.11 Å². The SMILES string of the molecule is COC(=O)C#CC(C)(C)OOC(C)(C)C. The molecule has 0 fully saturated rings. The molecule has 0 amide bonds. The maximum absolute atomic E-state index is 10.8. The molecular weight excluding hydrogens is 196 g/mol. The second-order valence-corrected chi connectivity index (χ2v) is 4.53. The van der Waals surface area contributed by atoms with E-state index in [-0.39, 0.29) is 0 Å². The van der Waals surface area contributed by atoms with Crippen LogP contribution in [0.25, 0.3) is 0 Å². The number of hydrogen-bond acceptors (Lipinski definition) is 4. The number of esters is 1. The minimum absolute atomic E-state index is 0.412. The Morgan fingerprint density at radius 1 is 1.07 bits per heavy atom. The van der Waals surface area contributed by atoms with E-state index < -0.39 is 17.2 Å². The van der Waals surface area contributed by atoms with Crippen molar-refractivity contribution in [3.05, 3.63) is 0 Å². The summed E-state index contributed by atoms with van der Waals surface area (Å²) in [7, 11) is 1.27. The van der Waals surface area contributed by atoms with Gasteiger partial charge in [-0.2, -0.15) is 0 Å². The number of rotatable bonds is 2. The Hall–Kier alpha value is -1.05. The maximum atomic E-state index is 10.8. The van der Waals surface area contributed by atoms with Crippen molar-refractivity contribution in [1.29, 1.82) is 0 Å². The fraction of sp³-hybridized carbons (Fsp3) is 0.727. The Morgan fingerprint density at radius 3 is 2.00 bits per heavy atom. The maximum Gasteiger partial charge on any atom is 0.384 e. The highest BCUT2D eigenvalue weighted by atomic mass is 17.2. The normalized spacial score (nSPS) is 11.6. The monoisotopic (exact) mass is 214 g/mol. The van der Waals surface area contributed by atoms with Crippen LogP contribution in [0, 0.1) is 11.8 Å². The van der Waals surface area contributed by atoms with Crippen LogP contribution in [0.3, 0.4) is 0 Å². The molecule has 4 heteroatoms. The molecule has 0 aliphatic carbocycles. The highest BCUT2D eigenvalue weighted by molar-refractivity contribution is 5.88. The summed E-state index contributed by atoms with van der Waals surface area (Å²) in [5.74, 6) is 4.31. The smallest absolute Gasteiger partial charge is 0.384 e. The van der Waals surface area contributed by atoms with Gasteiger partial charge in [0.25, 0.3) is 0 Å². The summed E-state index contributed by atoms with van der Waals surface area (Å²) >= 11 is 0. The van der Waals surface area contributed by atoms with E-state index in [1.54, 1.807) is 13.8 Å². The molecule has 0 rings (SSSR count). The van der Waals surface area contributed by atoms with Gasteiger partial charge in [0.15, 0.2) is 5.60 Å². The summed E-state index contributed by atoms with van der Waals surface area (Å²) in [6.45, 7) is 8.98. The minimum atomic E-state index is -0.846. The fourth-order valence-corrected chi connectivity index (χ4v) is 0.503. The van der Waals surface area contributed by atoms with Crippen LogP contribution < -0.4 is 0 Å². The van der Waals surface area contributed by atoms with E-state index in [2.05, 4.69) is 16.6 Å². The summed E-state index contributed by atoms with van der Waals surface area (Å²) < 4.78 is 4.38. The lowest BCUT2D eigenvalue weighted by molar-refractivity contribution is -0.384. The molecule has 0 heterocycles. The van der Waals surface area contributed by atoms with E-state index in [9.17, 15) is 4.79 Å². The van der Waals surface area contributed by atoms with Crippen molar-refractivity contribution in [1.82, 2.24) is 0 Å². The molecule has 0 N–H and O–H groups in total. The molecule has 0 saturated heterocycles. The van der Waals surface area contributed by atoms with E-state index in [1.165, 1.54) is 7.11 Å². The van der Waals surface area contributed by atoms with E-state index in [1.807, 2.05) is 20.8 Å². The van der Waals surface area contributed by atoms with Gasteiger partial charge in [0.05, 0.1) is 12.7 Å². The molecule has 0 aromatic carbocycles. The lowest BCUT2D eigenvalue weighted by atomic mass is 10.1. The van der Waals surface area contributed by atoms with E-state index in [0.29, 0.717) is 0 Å². The van der Waals surface area contributed by atoms with Crippen LogP contribution in [-0.2, 0) is 19.3 Å². The summed E-state index contributed by atoms with van der Waals surface area (Å²) in [4.78, 5) is 21.0. The molecule has 0 atom stereocenters. The van der Waals surface area contributed by atoms with Crippen LogP contribution in [0.1, 0.15) is 34.6 Å². The first-order valence-corrected chi connectivity index (χ1v) is 4.64. The van der Waals surface area contributed by atoms with Gasteiger partial charge in [0.1, 0.15) is 0 Å². The van der Waals surface area contributed by atoms with Crippen molar-refractivity contribution in [2.24, 2.45) is 0 Å². The van der Waals surface area contributed by atoms with Crippen molar-refractivity contribution < 1.29 is 19.3 Å². The van der Waals surface area contributed by atoms with Gasteiger partial charge in [-0.25, -0.2) is 14.6 Å². The summed E-state index contributed by atoms with van der Waals surface area (Å²) in [5, 5.41) is 0. The third-order valence-corrected chi connectivity index (χ3v) is 1.15. The quantitative estimate of drug-likeness (QED) is 0.231. The second-order valence-electron chi connectivity index (χ2n) is 4.53. The summed E-state index contributed by atoms with van der Waals surface area (Å²) in [6, 6.07) is 0. The molecule has 0 radical (unpaired) electrons. The highest BCUT2D eigenvalue weighted by Gasteiger charge is 2.21. The van der Waals surface area contributed by atoms with Gasteiger partial charge in [-0.15, -0.1) is 0 Å². The molecule has 0 spiro atoms. The van der Waals surface area contributed by atoms with Gasteiger partial charge in [0, 0.05) is 5.92 Å². The van der Waals surface area contributed by atoms with Crippen molar-refractivity contribution in [3.63, 3.8) is 0 Å². The van der Waals surface area contributed by atoms with Crippen molar-refractivity contribution in [2.45, 2.75) is 45.8 Å². The fourth-order valence-electron chi connectivity index (χ4n) is 0.503. The number of carbonyl (C=O) groups excluding carboxylic acids is 1. The van der Waals surface area contributed by atoms with E-state index in [4.69, 9.17) is 9.78 Å². The Morgan fingerprint density at radius 2 is 1.60 bits per heavy atom. The first kappa shape index (κ1) is 13.9. The van der Waals surface area contributed by atoms with Crippen LogP contribution in [-0.4, -0.2) is 24.3 Å². The molecule has 0 bridgehead atoms. The van der Waals surface area contributed by atoms with E-state index >= 15 is 0 Å². The number of carbonyl (C=O) groups is 1. The Balaban J connectivity index is 4.29. The van der Waals surface area contributed by atoms with Gasteiger partial charge < -0.3 is 4.74 Å².